The zero-order chi connectivity index (χ0) is 13.0. The van der Waals surface area contributed by atoms with Gasteiger partial charge in [0.05, 0.1) is 0 Å². The van der Waals surface area contributed by atoms with Crippen molar-refractivity contribution in [2.45, 2.75) is 51.2 Å². The Balaban J connectivity index is 1.91. The van der Waals surface area contributed by atoms with Crippen molar-refractivity contribution in [3.05, 3.63) is 0 Å². The molecule has 0 aromatic carbocycles. The van der Waals surface area contributed by atoms with Gasteiger partial charge in [0.25, 0.3) is 0 Å². The van der Waals surface area contributed by atoms with Gasteiger partial charge in [-0.1, -0.05) is 13.8 Å². The van der Waals surface area contributed by atoms with Crippen LogP contribution in [0.1, 0.15) is 46.0 Å². The average molecular weight is 269 g/mol. The van der Waals surface area contributed by atoms with Crippen LogP contribution in [-0.2, 0) is 4.79 Å². The van der Waals surface area contributed by atoms with Crippen LogP contribution in [0.25, 0.3) is 0 Å². The number of carbonyl (C=O) groups excluding carboxylic acids is 1. The van der Waals surface area contributed by atoms with Crippen LogP contribution in [0, 0.1) is 11.3 Å². The molecule has 0 N–H and O–H groups in total. The van der Waals surface area contributed by atoms with E-state index in [0.29, 0.717) is 0 Å². The van der Waals surface area contributed by atoms with Crippen LogP contribution in [-0.4, -0.2) is 41.8 Å². The zero-order valence-corrected chi connectivity index (χ0v) is 12.7. The molecule has 1 saturated heterocycles. The summed E-state index contributed by atoms with van der Waals surface area (Å²) in [5.74, 6) is 2.06. The van der Waals surface area contributed by atoms with Crippen LogP contribution >= 0.6 is 11.8 Å². The van der Waals surface area contributed by atoms with Crippen LogP contribution in [0.2, 0.25) is 0 Å². The molecule has 1 heterocycles. The third-order valence-electron chi connectivity index (χ3n) is 4.74. The summed E-state index contributed by atoms with van der Waals surface area (Å²) in [4.78, 5) is 14.1. The summed E-state index contributed by atoms with van der Waals surface area (Å²) in [6.45, 7) is 7.97. The Morgan fingerprint density at radius 2 is 2.11 bits per heavy atom. The largest absolute Gasteiger partial charge is 0.303 e. The minimum atomic E-state index is -0.0210. The monoisotopic (exact) mass is 269 g/mol. The Morgan fingerprint density at radius 1 is 1.39 bits per heavy atom. The van der Waals surface area contributed by atoms with Crippen molar-refractivity contribution in [3.8, 4) is 0 Å². The van der Waals surface area contributed by atoms with Crippen molar-refractivity contribution in [1.82, 2.24) is 4.90 Å². The molecule has 104 valence electrons. The minimum absolute atomic E-state index is 0.0210. The molecule has 1 saturated carbocycles. The molecule has 3 heteroatoms. The van der Waals surface area contributed by atoms with Gasteiger partial charge < -0.3 is 9.69 Å². The van der Waals surface area contributed by atoms with E-state index in [4.69, 9.17) is 0 Å². The van der Waals surface area contributed by atoms with Gasteiger partial charge >= 0.3 is 0 Å². The molecule has 2 fully saturated rings. The summed E-state index contributed by atoms with van der Waals surface area (Å²) < 4.78 is 0. The maximum atomic E-state index is 11.6. The molecular weight excluding hydrogens is 242 g/mol. The first-order chi connectivity index (χ1) is 8.67. The number of thioether (sulfide) groups is 1. The smallest absolute Gasteiger partial charge is 0.127 e. The summed E-state index contributed by atoms with van der Waals surface area (Å²) in [5, 5.41) is 0.782. The lowest BCUT2D eigenvalue weighted by molar-refractivity contribution is -0.119. The molecule has 2 nitrogen and oxygen atoms in total. The zero-order valence-electron chi connectivity index (χ0n) is 11.9. The highest BCUT2D eigenvalue weighted by atomic mass is 32.2. The van der Waals surface area contributed by atoms with E-state index in [0.717, 1.165) is 30.6 Å². The summed E-state index contributed by atoms with van der Waals surface area (Å²) >= 11 is 2.11. The van der Waals surface area contributed by atoms with Crippen molar-refractivity contribution in [1.29, 1.82) is 0 Å². The Labute approximate surface area is 116 Å². The summed E-state index contributed by atoms with van der Waals surface area (Å²) in [6, 6.07) is 0. The maximum Gasteiger partial charge on any atom is 0.127 e. The summed E-state index contributed by atoms with van der Waals surface area (Å²) in [7, 11) is 0. The number of hydrogen-bond donors (Lipinski definition) is 0. The molecule has 0 aromatic rings. The molecule has 1 atom stereocenters. The quantitative estimate of drug-likeness (QED) is 0.731. The Kier molecular flexibility index (Phi) is 5.14. The van der Waals surface area contributed by atoms with Gasteiger partial charge in [-0.2, -0.15) is 11.8 Å². The van der Waals surface area contributed by atoms with E-state index < -0.39 is 0 Å². The number of nitrogens with zero attached hydrogens (tertiary/aromatic N) is 1. The first-order valence-corrected chi connectivity index (χ1v) is 8.52. The molecule has 0 amide bonds. The second-order valence-corrected chi connectivity index (χ2v) is 7.71. The van der Waals surface area contributed by atoms with Gasteiger partial charge in [0.15, 0.2) is 0 Å². The Hall–Kier alpha value is -0.0200. The van der Waals surface area contributed by atoms with E-state index in [2.05, 4.69) is 30.5 Å². The first kappa shape index (κ1) is 14.4. The van der Waals surface area contributed by atoms with Crippen molar-refractivity contribution in [2.75, 3.05) is 25.4 Å². The lowest BCUT2D eigenvalue weighted by Gasteiger charge is -2.41. The van der Waals surface area contributed by atoms with Gasteiger partial charge in [0, 0.05) is 36.1 Å². The predicted octanol–water partition coefficient (Wildman–Crippen LogP) is 3.21. The highest BCUT2D eigenvalue weighted by molar-refractivity contribution is 8.00. The lowest BCUT2D eigenvalue weighted by atomic mass is 9.71. The van der Waals surface area contributed by atoms with Crippen LogP contribution < -0.4 is 0 Å². The highest BCUT2D eigenvalue weighted by Gasteiger charge is 2.36. The molecule has 1 aliphatic heterocycles. The number of rotatable bonds is 4. The van der Waals surface area contributed by atoms with Gasteiger partial charge in [0.2, 0.25) is 0 Å². The van der Waals surface area contributed by atoms with Gasteiger partial charge in [0.1, 0.15) is 6.29 Å². The van der Waals surface area contributed by atoms with Crippen molar-refractivity contribution < 1.29 is 4.79 Å². The fourth-order valence-electron chi connectivity index (χ4n) is 3.27. The molecule has 18 heavy (non-hydrogen) atoms. The Morgan fingerprint density at radius 3 is 2.72 bits per heavy atom. The predicted molar refractivity (Wildman–Crippen MR) is 79.1 cm³/mol. The molecule has 0 bridgehead atoms. The van der Waals surface area contributed by atoms with Gasteiger partial charge in [-0.3, -0.25) is 0 Å². The topological polar surface area (TPSA) is 20.3 Å². The molecule has 0 aromatic heterocycles. The van der Waals surface area contributed by atoms with Crippen LogP contribution in [0.3, 0.4) is 0 Å². The third-order valence-corrected chi connectivity index (χ3v) is 6.11. The average Bonchev–Trinajstić information content (AvgIpc) is 2.42. The normalized spacial score (nSPS) is 38.6. The molecule has 2 rings (SSSR count). The standard InChI is InChI=1S/C15H27NOS/c1-3-14-10-16(8-9-18-14)11-15(12-17)6-4-13(2)5-7-15/h12-14H,3-11H2,1-2H3. The van der Waals surface area contributed by atoms with Crippen molar-refractivity contribution in [3.63, 3.8) is 0 Å². The van der Waals surface area contributed by atoms with E-state index >= 15 is 0 Å². The SMILES string of the molecule is CCC1CN(CC2(C=O)CCC(C)CC2)CCS1. The van der Waals surface area contributed by atoms with E-state index in [1.54, 1.807) is 0 Å². The van der Waals surface area contributed by atoms with E-state index in [1.165, 1.54) is 44.4 Å². The van der Waals surface area contributed by atoms with Crippen LogP contribution in [0.15, 0.2) is 0 Å². The number of hydrogen-bond acceptors (Lipinski definition) is 3. The minimum Gasteiger partial charge on any atom is -0.303 e. The lowest BCUT2D eigenvalue weighted by Crippen LogP contribution is -2.46. The molecule has 1 aliphatic carbocycles. The van der Waals surface area contributed by atoms with Gasteiger partial charge in [-0.25, -0.2) is 0 Å². The number of carbonyl (C=O) groups is 1. The molecule has 1 unspecified atom stereocenters. The summed E-state index contributed by atoms with van der Waals surface area (Å²) in [5.41, 5.74) is -0.0210. The fourth-order valence-corrected chi connectivity index (χ4v) is 4.52. The van der Waals surface area contributed by atoms with Crippen molar-refractivity contribution >= 4 is 18.0 Å². The van der Waals surface area contributed by atoms with E-state index in [1.807, 2.05) is 0 Å². The van der Waals surface area contributed by atoms with E-state index in [-0.39, 0.29) is 5.41 Å². The second kappa shape index (κ2) is 6.42. The second-order valence-electron chi connectivity index (χ2n) is 6.30. The summed E-state index contributed by atoms with van der Waals surface area (Å²) in [6.07, 6.45) is 7.22. The van der Waals surface area contributed by atoms with Gasteiger partial charge in [-0.15, -0.1) is 0 Å². The van der Waals surface area contributed by atoms with E-state index in [9.17, 15) is 4.79 Å². The van der Waals surface area contributed by atoms with Crippen molar-refractivity contribution in [2.24, 2.45) is 11.3 Å². The Bertz CT molecular complexity index is 274. The van der Waals surface area contributed by atoms with Gasteiger partial charge in [-0.05, 0) is 38.0 Å². The third kappa shape index (κ3) is 3.51. The first-order valence-electron chi connectivity index (χ1n) is 7.48. The number of aldehydes is 1. The molecule has 2 aliphatic rings. The molecular formula is C15H27NOS. The maximum absolute atomic E-state index is 11.6. The molecule has 0 spiro atoms. The van der Waals surface area contributed by atoms with Crippen LogP contribution in [0.4, 0.5) is 0 Å². The molecule has 0 radical (unpaired) electrons. The highest BCUT2D eigenvalue weighted by Crippen LogP contribution is 2.38. The fraction of sp³-hybridized carbons (Fsp3) is 0.933. The van der Waals surface area contributed by atoms with Crippen LogP contribution in [0.5, 0.6) is 0 Å².